The lowest BCUT2D eigenvalue weighted by Gasteiger charge is -2.37. The van der Waals surface area contributed by atoms with E-state index in [4.69, 9.17) is 9.47 Å². The summed E-state index contributed by atoms with van der Waals surface area (Å²) in [5.41, 5.74) is -3.41. The van der Waals surface area contributed by atoms with Crippen LogP contribution in [0.1, 0.15) is 26.2 Å². The van der Waals surface area contributed by atoms with Gasteiger partial charge in [-0.25, -0.2) is 13.4 Å². The van der Waals surface area contributed by atoms with Gasteiger partial charge in [-0.3, -0.25) is 0 Å². The van der Waals surface area contributed by atoms with Crippen molar-refractivity contribution in [1.29, 1.82) is 0 Å². The monoisotopic (exact) mass is 544 g/mol. The number of nitrogens with zero attached hydrogens (tertiary/aromatic N) is 3. The predicted molar refractivity (Wildman–Crippen MR) is 132 cm³/mol. The molecule has 3 fully saturated rings. The number of sulfone groups is 1. The van der Waals surface area contributed by atoms with Crippen molar-refractivity contribution in [3.63, 3.8) is 0 Å². The number of aliphatic hydroxyl groups excluding tert-OH is 1. The number of aliphatic hydroxyl groups is 1. The highest BCUT2D eigenvalue weighted by atomic mass is 32.2. The van der Waals surface area contributed by atoms with E-state index in [1.165, 1.54) is 7.11 Å². The molecule has 0 amide bonds. The molecule has 1 aromatic heterocycles. The van der Waals surface area contributed by atoms with E-state index >= 15 is 0 Å². The highest BCUT2D eigenvalue weighted by Crippen LogP contribution is 2.74. The minimum atomic E-state index is -4.45. The van der Waals surface area contributed by atoms with E-state index < -0.39 is 39.1 Å². The first kappa shape index (κ1) is 26.2. The third-order valence-corrected chi connectivity index (χ3v) is 9.92. The van der Waals surface area contributed by atoms with E-state index in [0.717, 1.165) is 0 Å². The Morgan fingerprint density at radius 2 is 1.92 bits per heavy atom. The first-order chi connectivity index (χ1) is 17.4. The molecule has 3 heterocycles. The third-order valence-electron chi connectivity index (χ3n) is 8.27. The van der Waals surface area contributed by atoms with E-state index in [1.54, 1.807) is 23.1 Å². The molecular formula is C24H31F3N4O5S. The van der Waals surface area contributed by atoms with Crippen LogP contribution < -0.4 is 15.0 Å². The van der Waals surface area contributed by atoms with Crippen LogP contribution in [0.3, 0.4) is 0 Å². The van der Waals surface area contributed by atoms with Gasteiger partial charge in [0, 0.05) is 37.0 Å². The molecule has 2 saturated heterocycles. The van der Waals surface area contributed by atoms with E-state index in [9.17, 15) is 26.7 Å². The second-order valence-electron chi connectivity index (χ2n) is 10.4. The standard InChI is InChI=1S/C24H31F3N4O5S/c1-3-36-22(6-8-37(33,34)9-7-22)12-28-20-29-18-5-4-16(35-2)10-17(18)19(30-20)31-13-21(15-32)11-23(21,14-31)24(25,26)27/h4-5,10,32H,3,6-9,11-15H2,1-2H3,(H,28,29,30)/t21-,23-/m1/s1. The Kier molecular flexibility index (Phi) is 6.27. The Balaban J connectivity index is 1.48. The smallest absolute Gasteiger partial charge is 0.396 e. The molecule has 3 aliphatic rings. The lowest BCUT2D eigenvalue weighted by Crippen LogP contribution is -2.47. The third kappa shape index (κ3) is 4.38. The van der Waals surface area contributed by atoms with Crippen molar-refractivity contribution in [3.8, 4) is 5.75 Å². The van der Waals surface area contributed by atoms with E-state index in [0.29, 0.717) is 41.9 Å². The van der Waals surface area contributed by atoms with Gasteiger partial charge in [0.1, 0.15) is 11.6 Å². The summed E-state index contributed by atoms with van der Waals surface area (Å²) >= 11 is 0. The lowest BCUT2D eigenvalue weighted by molar-refractivity contribution is -0.192. The number of ether oxygens (including phenoxy) is 2. The topological polar surface area (TPSA) is 114 Å². The molecule has 9 nitrogen and oxygen atoms in total. The first-order valence-electron chi connectivity index (χ1n) is 12.3. The van der Waals surface area contributed by atoms with Crippen LogP contribution in [-0.2, 0) is 14.6 Å². The highest BCUT2D eigenvalue weighted by molar-refractivity contribution is 7.91. The largest absolute Gasteiger partial charge is 0.497 e. The molecule has 13 heteroatoms. The zero-order chi connectivity index (χ0) is 26.7. The van der Waals surface area contributed by atoms with Gasteiger partial charge >= 0.3 is 6.18 Å². The second-order valence-corrected chi connectivity index (χ2v) is 12.7. The van der Waals surface area contributed by atoms with Gasteiger partial charge in [0.25, 0.3) is 0 Å². The normalized spacial score (nSPS) is 28.2. The molecule has 2 aromatic rings. The van der Waals surface area contributed by atoms with Crippen LogP contribution in [0, 0.1) is 10.8 Å². The maximum atomic E-state index is 14.1. The van der Waals surface area contributed by atoms with Gasteiger partial charge in [0.15, 0.2) is 9.84 Å². The minimum absolute atomic E-state index is 0.0204. The number of aromatic nitrogens is 2. The van der Waals surface area contributed by atoms with Crippen LogP contribution in [0.15, 0.2) is 18.2 Å². The van der Waals surface area contributed by atoms with E-state index in [1.807, 2.05) is 6.92 Å². The number of benzene rings is 1. The van der Waals surface area contributed by atoms with Gasteiger partial charge in [-0.15, -0.1) is 0 Å². The number of anilines is 2. The van der Waals surface area contributed by atoms with Gasteiger partial charge in [-0.2, -0.15) is 18.2 Å². The van der Waals surface area contributed by atoms with Crippen LogP contribution in [0.4, 0.5) is 24.9 Å². The van der Waals surface area contributed by atoms with Crippen molar-refractivity contribution in [2.24, 2.45) is 10.8 Å². The SMILES string of the molecule is CCOC1(CNc2nc(N3C[C@@]4(CO)C[C@@]4(C(F)(F)F)C3)c3cc(OC)ccc3n2)CCS(=O)(=O)CC1. The predicted octanol–water partition coefficient (Wildman–Crippen LogP) is 2.79. The first-order valence-corrected chi connectivity index (χ1v) is 14.1. The number of hydrogen-bond acceptors (Lipinski definition) is 9. The summed E-state index contributed by atoms with van der Waals surface area (Å²) in [6.45, 7) is 1.66. The number of fused-ring (bicyclic) bond motifs is 2. The number of hydrogen-bond donors (Lipinski definition) is 2. The Bertz CT molecular complexity index is 1290. The molecule has 37 heavy (non-hydrogen) atoms. The molecule has 5 rings (SSSR count). The van der Waals surface area contributed by atoms with Crippen LogP contribution in [-0.4, -0.2) is 86.7 Å². The summed E-state index contributed by atoms with van der Waals surface area (Å²) < 4.78 is 77.4. The Hall–Kier alpha value is -2.38. The second kappa shape index (κ2) is 8.84. The van der Waals surface area contributed by atoms with Crippen molar-refractivity contribution < 1.29 is 36.2 Å². The Labute approximate surface area is 213 Å². The molecule has 2 aliphatic heterocycles. The number of methoxy groups -OCH3 is 1. The van der Waals surface area contributed by atoms with Crippen LogP contribution in [0.25, 0.3) is 10.9 Å². The van der Waals surface area contributed by atoms with Crippen molar-refractivity contribution in [1.82, 2.24) is 9.97 Å². The molecule has 1 saturated carbocycles. The number of halogens is 3. The Morgan fingerprint density at radius 3 is 2.51 bits per heavy atom. The maximum Gasteiger partial charge on any atom is 0.396 e. The number of rotatable bonds is 8. The molecule has 1 aromatic carbocycles. The van der Waals surface area contributed by atoms with Crippen molar-refractivity contribution in [2.75, 3.05) is 61.7 Å². The zero-order valence-electron chi connectivity index (χ0n) is 20.8. The fourth-order valence-electron chi connectivity index (χ4n) is 5.98. The van der Waals surface area contributed by atoms with Crippen molar-refractivity contribution in [2.45, 2.75) is 38.0 Å². The quantitative estimate of drug-likeness (QED) is 0.518. The molecular weight excluding hydrogens is 513 g/mol. The summed E-state index contributed by atoms with van der Waals surface area (Å²) in [5, 5.41) is 13.6. The summed E-state index contributed by atoms with van der Waals surface area (Å²) in [6, 6.07) is 5.12. The molecule has 0 unspecified atom stereocenters. The molecule has 0 bridgehead atoms. The number of nitrogens with one attached hydrogen (secondary N) is 1. The summed E-state index contributed by atoms with van der Waals surface area (Å²) in [6.07, 6.45) is -3.90. The average molecular weight is 545 g/mol. The molecule has 0 radical (unpaired) electrons. The number of alkyl halides is 3. The summed E-state index contributed by atoms with van der Waals surface area (Å²) in [4.78, 5) is 10.8. The molecule has 204 valence electrons. The minimum Gasteiger partial charge on any atom is -0.497 e. The van der Waals surface area contributed by atoms with Crippen molar-refractivity contribution in [3.05, 3.63) is 18.2 Å². The van der Waals surface area contributed by atoms with Crippen LogP contribution in [0.5, 0.6) is 5.75 Å². The number of piperidine rings is 1. The summed E-state index contributed by atoms with van der Waals surface area (Å²) in [5.74, 6) is 1.10. The van der Waals surface area contributed by atoms with Gasteiger partial charge in [0.05, 0.1) is 41.8 Å². The average Bonchev–Trinajstić information content (AvgIpc) is 3.40. The van der Waals surface area contributed by atoms with E-state index in [-0.39, 0.29) is 43.5 Å². The zero-order valence-corrected chi connectivity index (χ0v) is 21.6. The van der Waals surface area contributed by atoms with Crippen LogP contribution >= 0.6 is 0 Å². The Morgan fingerprint density at radius 1 is 1.19 bits per heavy atom. The fourth-order valence-corrected chi connectivity index (χ4v) is 7.55. The summed E-state index contributed by atoms with van der Waals surface area (Å²) in [7, 11) is -1.61. The molecule has 2 N–H and O–H groups in total. The van der Waals surface area contributed by atoms with E-state index in [2.05, 4.69) is 15.3 Å². The molecule has 2 atom stereocenters. The van der Waals surface area contributed by atoms with Crippen LogP contribution in [0.2, 0.25) is 0 Å². The molecule has 1 aliphatic carbocycles. The van der Waals surface area contributed by atoms with Gasteiger partial charge in [-0.1, -0.05) is 0 Å². The fraction of sp³-hybridized carbons (Fsp3) is 0.667. The lowest BCUT2D eigenvalue weighted by atomic mass is 9.96. The van der Waals surface area contributed by atoms with Gasteiger partial charge < -0.3 is 24.8 Å². The maximum absolute atomic E-state index is 14.1. The molecule has 0 spiro atoms. The van der Waals surface area contributed by atoms with Crippen molar-refractivity contribution >= 4 is 32.5 Å². The van der Waals surface area contributed by atoms with Gasteiger partial charge in [-0.05, 0) is 44.4 Å². The van der Waals surface area contributed by atoms with Gasteiger partial charge in [0.2, 0.25) is 5.95 Å². The highest BCUT2D eigenvalue weighted by Gasteiger charge is 2.83.